The van der Waals surface area contributed by atoms with E-state index in [-0.39, 0.29) is 6.61 Å². The van der Waals surface area contributed by atoms with Gasteiger partial charge in [0.05, 0.1) is 0 Å². The number of benzene rings is 1. The number of hydrogen-bond acceptors (Lipinski definition) is 3. The molecule has 108 valence electrons. The number of likely N-dealkylation sites (N-methyl/N-ethyl adjacent to an activating group) is 1. The standard InChI is InChI=1S/C18H20N2O/c1-20(13-10-16-8-11-19-12-9-16)15-18-6-3-2-5-17(18)7-4-14-21/h2-3,5-6,8-9,11-12,21H,10,13-15H2,1H3. The van der Waals surface area contributed by atoms with Crippen LogP contribution in [0.3, 0.4) is 0 Å². The van der Waals surface area contributed by atoms with Gasteiger partial charge in [-0.05, 0) is 42.8 Å². The molecular formula is C18H20N2O. The second kappa shape index (κ2) is 8.21. The van der Waals surface area contributed by atoms with E-state index in [4.69, 9.17) is 5.11 Å². The summed E-state index contributed by atoms with van der Waals surface area (Å²) in [4.78, 5) is 6.31. The fourth-order valence-electron chi connectivity index (χ4n) is 2.15. The zero-order chi connectivity index (χ0) is 14.9. The Kier molecular flexibility index (Phi) is 5.96. The molecule has 1 heterocycles. The van der Waals surface area contributed by atoms with E-state index in [0.29, 0.717) is 0 Å². The molecule has 0 bridgehead atoms. The largest absolute Gasteiger partial charge is 0.384 e. The van der Waals surface area contributed by atoms with Crippen molar-refractivity contribution in [2.24, 2.45) is 0 Å². The van der Waals surface area contributed by atoms with Crippen LogP contribution in [0.15, 0.2) is 48.8 Å². The molecule has 2 aromatic rings. The van der Waals surface area contributed by atoms with Crippen molar-refractivity contribution in [1.29, 1.82) is 0 Å². The van der Waals surface area contributed by atoms with E-state index in [2.05, 4.69) is 47.0 Å². The summed E-state index contributed by atoms with van der Waals surface area (Å²) in [5.41, 5.74) is 3.48. The molecule has 1 aromatic heterocycles. The monoisotopic (exact) mass is 280 g/mol. The van der Waals surface area contributed by atoms with Gasteiger partial charge in [0, 0.05) is 31.0 Å². The number of pyridine rings is 1. The summed E-state index contributed by atoms with van der Waals surface area (Å²) >= 11 is 0. The molecule has 0 spiro atoms. The quantitative estimate of drug-likeness (QED) is 0.852. The maximum atomic E-state index is 8.82. The molecule has 1 N–H and O–H groups in total. The Bertz CT molecular complexity index is 614. The number of hydrogen-bond donors (Lipinski definition) is 1. The van der Waals surface area contributed by atoms with Gasteiger partial charge in [-0.3, -0.25) is 4.98 Å². The average molecular weight is 280 g/mol. The Labute approximate surface area is 126 Å². The van der Waals surface area contributed by atoms with Crippen molar-refractivity contribution in [3.8, 4) is 11.8 Å². The van der Waals surface area contributed by atoms with E-state index in [9.17, 15) is 0 Å². The molecule has 0 aliphatic rings. The maximum Gasteiger partial charge on any atom is 0.104 e. The predicted molar refractivity (Wildman–Crippen MR) is 84.7 cm³/mol. The minimum atomic E-state index is -0.105. The predicted octanol–water partition coefficient (Wildman–Crippen LogP) is 2.10. The van der Waals surface area contributed by atoms with Crippen molar-refractivity contribution in [1.82, 2.24) is 9.88 Å². The van der Waals surface area contributed by atoms with Gasteiger partial charge in [0.1, 0.15) is 6.61 Å². The van der Waals surface area contributed by atoms with E-state index < -0.39 is 0 Å². The first-order chi connectivity index (χ1) is 10.3. The van der Waals surface area contributed by atoms with Gasteiger partial charge in [-0.15, -0.1) is 0 Å². The van der Waals surface area contributed by atoms with E-state index >= 15 is 0 Å². The molecule has 1 aromatic carbocycles. The van der Waals surface area contributed by atoms with Gasteiger partial charge in [-0.1, -0.05) is 30.0 Å². The summed E-state index contributed by atoms with van der Waals surface area (Å²) in [6.07, 6.45) is 4.66. The first kappa shape index (κ1) is 15.2. The van der Waals surface area contributed by atoms with Gasteiger partial charge < -0.3 is 10.0 Å². The number of aliphatic hydroxyl groups is 1. The van der Waals surface area contributed by atoms with E-state index in [1.54, 1.807) is 0 Å². The second-order valence-electron chi connectivity index (χ2n) is 4.96. The van der Waals surface area contributed by atoms with Crippen molar-refractivity contribution < 1.29 is 5.11 Å². The van der Waals surface area contributed by atoms with Crippen molar-refractivity contribution in [2.75, 3.05) is 20.2 Å². The van der Waals surface area contributed by atoms with Crippen LogP contribution < -0.4 is 0 Å². The Morgan fingerprint density at radius 1 is 1.14 bits per heavy atom. The van der Waals surface area contributed by atoms with Gasteiger partial charge in [-0.25, -0.2) is 0 Å². The lowest BCUT2D eigenvalue weighted by Crippen LogP contribution is -2.21. The SMILES string of the molecule is CN(CCc1ccncc1)Cc1ccccc1C#CCO. The zero-order valence-electron chi connectivity index (χ0n) is 12.3. The maximum absolute atomic E-state index is 8.82. The smallest absolute Gasteiger partial charge is 0.104 e. The van der Waals surface area contributed by atoms with E-state index in [1.165, 1.54) is 11.1 Å². The molecular weight excluding hydrogens is 260 g/mol. The summed E-state index contributed by atoms with van der Waals surface area (Å²) in [6.45, 7) is 1.72. The summed E-state index contributed by atoms with van der Waals surface area (Å²) in [5, 5.41) is 8.82. The normalized spacial score (nSPS) is 10.2. The molecule has 0 radical (unpaired) electrons. The summed E-state index contributed by atoms with van der Waals surface area (Å²) in [7, 11) is 2.11. The first-order valence-corrected chi connectivity index (χ1v) is 7.04. The molecule has 3 heteroatoms. The fourth-order valence-corrected chi connectivity index (χ4v) is 2.15. The van der Waals surface area contributed by atoms with Gasteiger partial charge in [0.2, 0.25) is 0 Å². The molecule has 0 fully saturated rings. The van der Waals surface area contributed by atoms with Crippen LogP contribution in [-0.4, -0.2) is 35.2 Å². The van der Waals surface area contributed by atoms with Crippen molar-refractivity contribution in [2.45, 2.75) is 13.0 Å². The number of rotatable bonds is 5. The van der Waals surface area contributed by atoms with Crippen LogP contribution in [0.5, 0.6) is 0 Å². The third-order valence-corrected chi connectivity index (χ3v) is 3.29. The van der Waals surface area contributed by atoms with Crippen LogP contribution in [0.1, 0.15) is 16.7 Å². The highest BCUT2D eigenvalue weighted by Gasteiger charge is 2.04. The van der Waals surface area contributed by atoms with Crippen molar-refractivity contribution >= 4 is 0 Å². The lowest BCUT2D eigenvalue weighted by molar-refractivity contribution is 0.331. The molecule has 0 aliphatic carbocycles. The van der Waals surface area contributed by atoms with E-state index in [1.807, 2.05) is 30.6 Å². The van der Waals surface area contributed by atoms with Gasteiger partial charge in [0.25, 0.3) is 0 Å². The van der Waals surface area contributed by atoms with Gasteiger partial charge >= 0.3 is 0 Å². The Hall–Kier alpha value is -2.15. The third kappa shape index (κ3) is 5.03. The highest BCUT2D eigenvalue weighted by Crippen LogP contribution is 2.10. The average Bonchev–Trinajstić information content (AvgIpc) is 2.53. The lowest BCUT2D eigenvalue weighted by atomic mass is 10.1. The number of aromatic nitrogens is 1. The molecule has 21 heavy (non-hydrogen) atoms. The summed E-state index contributed by atoms with van der Waals surface area (Å²) in [5.74, 6) is 5.72. The summed E-state index contributed by atoms with van der Waals surface area (Å²) < 4.78 is 0. The highest BCUT2D eigenvalue weighted by molar-refractivity contribution is 5.41. The van der Waals surface area contributed by atoms with Crippen LogP contribution in [0.4, 0.5) is 0 Å². The van der Waals surface area contributed by atoms with Crippen LogP contribution >= 0.6 is 0 Å². The van der Waals surface area contributed by atoms with Crippen molar-refractivity contribution in [3.63, 3.8) is 0 Å². The Balaban J connectivity index is 1.95. The van der Waals surface area contributed by atoms with Crippen LogP contribution in [0.2, 0.25) is 0 Å². The molecule has 0 saturated carbocycles. The third-order valence-electron chi connectivity index (χ3n) is 3.29. The molecule has 3 nitrogen and oxygen atoms in total. The first-order valence-electron chi connectivity index (χ1n) is 7.04. The summed E-state index contributed by atoms with van der Waals surface area (Å²) in [6, 6.07) is 12.2. The number of nitrogens with zero attached hydrogens (tertiary/aromatic N) is 2. The molecule has 0 atom stereocenters. The van der Waals surface area contributed by atoms with Crippen molar-refractivity contribution in [3.05, 3.63) is 65.5 Å². The van der Waals surface area contributed by atoms with E-state index in [0.717, 1.165) is 25.1 Å². The molecule has 0 amide bonds. The minimum absolute atomic E-state index is 0.105. The fraction of sp³-hybridized carbons (Fsp3) is 0.278. The molecule has 0 unspecified atom stereocenters. The molecule has 0 saturated heterocycles. The Morgan fingerprint density at radius 3 is 2.67 bits per heavy atom. The second-order valence-corrected chi connectivity index (χ2v) is 4.96. The topological polar surface area (TPSA) is 36.4 Å². The molecule has 0 aliphatic heterocycles. The van der Waals surface area contributed by atoms with Crippen LogP contribution in [0.25, 0.3) is 0 Å². The van der Waals surface area contributed by atoms with Crippen LogP contribution in [0, 0.1) is 11.8 Å². The molecule has 2 rings (SSSR count). The zero-order valence-corrected chi connectivity index (χ0v) is 12.3. The lowest BCUT2D eigenvalue weighted by Gasteiger charge is -2.17. The number of aliphatic hydroxyl groups excluding tert-OH is 1. The van der Waals surface area contributed by atoms with Gasteiger partial charge in [0.15, 0.2) is 0 Å². The van der Waals surface area contributed by atoms with Crippen LogP contribution in [-0.2, 0) is 13.0 Å². The highest BCUT2D eigenvalue weighted by atomic mass is 16.2. The Morgan fingerprint density at radius 2 is 1.90 bits per heavy atom. The minimum Gasteiger partial charge on any atom is -0.384 e. The van der Waals surface area contributed by atoms with Gasteiger partial charge in [-0.2, -0.15) is 0 Å².